The Morgan fingerprint density at radius 1 is 1.29 bits per heavy atom. The van der Waals surface area contributed by atoms with Gasteiger partial charge in [0.05, 0.1) is 0 Å². The highest BCUT2D eigenvalue weighted by atomic mass is 16.2. The van der Waals surface area contributed by atoms with Crippen LogP contribution in [-0.4, -0.2) is 55.2 Å². The molecule has 2 aliphatic rings. The first-order chi connectivity index (χ1) is 6.68. The van der Waals surface area contributed by atoms with Crippen LogP contribution in [0.5, 0.6) is 0 Å². The molecule has 0 spiro atoms. The molecule has 0 aromatic rings. The van der Waals surface area contributed by atoms with Crippen LogP contribution in [0.3, 0.4) is 0 Å². The first-order valence-electron chi connectivity index (χ1n) is 4.13. The Morgan fingerprint density at radius 2 is 2.07 bits per heavy atom. The van der Waals surface area contributed by atoms with Crippen LogP contribution in [0.1, 0.15) is 0 Å². The second kappa shape index (κ2) is 3.13. The average molecular weight is 191 g/mol. The van der Waals surface area contributed by atoms with Gasteiger partial charge in [-0.15, -0.1) is 0 Å². The largest absolute Gasteiger partial charge is 0.347 e. The van der Waals surface area contributed by atoms with Crippen molar-refractivity contribution in [2.24, 2.45) is 20.0 Å². The van der Waals surface area contributed by atoms with E-state index in [0.717, 1.165) is 0 Å². The zero-order valence-electron chi connectivity index (χ0n) is 7.88. The number of carbonyl (C=O) groups excluding carboxylic acids is 1. The monoisotopic (exact) mass is 191 g/mol. The summed E-state index contributed by atoms with van der Waals surface area (Å²) in [6.07, 6.45) is 3.00. The topological polar surface area (TPSA) is 69.8 Å². The van der Waals surface area contributed by atoms with Crippen molar-refractivity contribution in [2.75, 3.05) is 14.1 Å². The van der Waals surface area contributed by atoms with Crippen LogP contribution in [-0.2, 0) is 4.79 Å². The third-order valence-electron chi connectivity index (χ3n) is 1.81. The maximum Gasteiger partial charge on any atom is 0.281 e. The molecule has 0 saturated carbocycles. The van der Waals surface area contributed by atoms with Gasteiger partial charge in [-0.3, -0.25) is 9.79 Å². The number of hydrogen-bond acceptors (Lipinski definition) is 5. The van der Waals surface area contributed by atoms with Gasteiger partial charge in [-0.1, -0.05) is 0 Å². The standard InChI is InChI=1S/C8H9N5O/c1-13(2)8-11-6-5(7(14)12-8)9-3-4-10-6/h3-5H,1-2H3. The summed E-state index contributed by atoms with van der Waals surface area (Å²) in [7, 11) is 3.54. The maximum absolute atomic E-state index is 11.5. The van der Waals surface area contributed by atoms with Crippen LogP contribution in [0.15, 0.2) is 20.0 Å². The molecular weight excluding hydrogens is 182 g/mol. The number of amides is 1. The minimum Gasteiger partial charge on any atom is -0.347 e. The summed E-state index contributed by atoms with van der Waals surface area (Å²) in [5.41, 5.74) is 0. The van der Waals surface area contributed by atoms with Gasteiger partial charge >= 0.3 is 0 Å². The zero-order valence-corrected chi connectivity index (χ0v) is 7.88. The van der Waals surface area contributed by atoms with Crippen molar-refractivity contribution in [3.8, 4) is 0 Å². The van der Waals surface area contributed by atoms with Crippen molar-refractivity contribution in [2.45, 2.75) is 6.04 Å². The molecule has 0 aliphatic carbocycles. The van der Waals surface area contributed by atoms with Gasteiger partial charge in [0, 0.05) is 26.5 Å². The second-order valence-corrected chi connectivity index (χ2v) is 3.09. The van der Waals surface area contributed by atoms with Crippen LogP contribution >= 0.6 is 0 Å². The lowest BCUT2D eigenvalue weighted by Gasteiger charge is -2.19. The number of carbonyl (C=O) groups is 1. The molecule has 2 heterocycles. The van der Waals surface area contributed by atoms with Gasteiger partial charge in [0.2, 0.25) is 5.96 Å². The summed E-state index contributed by atoms with van der Waals surface area (Å²) in [6.45, 7) is 0. The quantitative estimate of drug-likeness (QED) is 0.511. The van der Waals surface area contributed by atoms with Crippen LogP contribution in [0.4, 0.5) is 0 Å². The Balaban J connectivity index is 2.38. The predicted molar refractivity (Wildman–Crippen MR) is 54.3 cm³/mol. The molecule has 6 nitrogen and oxygen atoms in total. The number of guanidine groups is 1. The lowest BCUT2D eigenvalue weighted by Crippen LogP contribution is -2.36. The molecule has 1 unspecified atom stereocenters. The van der Waals surface area contributed by atoms with E-state index < -0.39 is 6.04 Å². The molecule has 14 heavy (non-hydrogen) atoms. The van der Waals surface area contributed by atoms with E-state index in [2.05, 4.69) is 20.0 Å². The maximum atomic E-state index is 11.5. The van der Waals surface area contributed by atoms with Crippen molar-refractivity contribution >= 4 is 30.1 Å². The van der Waals surface area contributed by atoms with Crippen molar-refractivity contribution in [3.05, 3.63) is 0 Å². The fourth-order valence-corrected chi connectivity index (χ4v) is 1.12. The minimum absolute atomic E-state index is 0.313. The predicted octanol–water partition coefficient (Wildman–Crippen LogP) is -0.634. The van der Waals surface area contributed by atoms with E-state index in [1.54, 1.807) is 19.0 Å². The normalized spacial score (nSPS) is 24.1. The van der Waals surface area contributed by atoms with Gasteiger partial charge in [0.1, 0.15) is 0 Å². The Morgan fingerprint density at radius 3 is 2.79 bits per heavy atom. The third kappa shape index (κ3) is 1.34. The van der Waals surface area contributed by atoms with E-state index in [1.807, 2.05) is 0 Å². The number of amidine groups is 1. The SMILES string of the molecule is CN(C)C1=NC(=O)C2N=CC=NC2=N1. The van der Waals surface area contributed by atoms with Crippen molar-refractivity contribution in [1.29, 1.82) is 0 Å². The summed E-state index contributed by atoms with van der Waals surface area (Å²) < 4.78 is 0. The average Bonchev–Trinajstić information content (AvgIpc) is 2.17. The van der Waals surface area contributed by atoms with E-state index in [4.69, 9.17) is 0 Å². The number of nitrogens with zero attached hydrogens (tertiary/aromatic N) is 5. The van der Waals surface area contributed by atoms with Gasteiger partial charge in [-0.2, -0.15) is 9.98 Å². The van der Waals surface area contributed by atoms with Crippen LogP contribution in [0, 0.1) is 0 Å². The van der Waals surface area contributed by atoms with Gasteiger partial charge in [0.25, 0.3) is 5.91 Å². The fourth-order valence-electron chi connectivity index (χ4n) is 1.12. The molecule has 2 aliphatic heterocycles. The highest BCUT2D eigenvalue weighted by Crippen LogP contribution is 2.09. The summed E-state index contributed by atoms with van der Waals surface area (Å²) in [5, 5.41) is 0. The van der Waals surface area contributed by atoms with Crippen LogP contribution in [0.2, 0.25) is 0 Å². The first kappa shape index (κ1) is 8.74. The van der Waals surface area contributed by atoms with E-state index in [0.29, 0.717) is 11.8 Å². The van der Waals surface area contributed by atoms with Crippen molar-refractivity contribution in [1.82, 2.24) is 4.90 Å². The number of hydrogen-bond donors (Lipinski definition) is 0. The molecule has 0 saturated heterocycles. The van der Waals surface area contributed by atoms with Gasteiger partial charge in [0.15, 0.2) is 11.9 Å². The Labute approximate surface area is 80.8 Å². The minimum atomic E-state index is -0.635. The van der Waals surface area contributed by atoms with Gasteiger partial charge in [-0.05, 0) is 0 Å². The van der Waals surface area contributed by atoms with E-state index in [1.165, 1.54) is 12.4 Å². The fraction of sp³-hybridized carbons (Fsp3) is 0.375. The molecule has 1 atom stereocenters. The lowest BCUT2D eigenvalue weighted by atomic mass is 10.2. The molecule has 1 amide bonds. The Kier molecular flexibility index (Phi) is 1.95. The lowest BCUT2D eigenvalue weighted by molar-refractivity contribution is -0.117. The molecule has 0 aromatic carbocycles. The van der Waals surface area contributed by atoms with Crippen LogP contribution < -0.4 is 0 Å². The van der Waals surface area contributed by atoms with Gasteiger partial charge in [-0.25, -0.2) is 4.99 Å². The summed E-state index contributed by atoms with van der Waals surface area (Å²) in [4.78, 5) is 29.0. The molecule has 72 valence electrons. The number of fused-ring (bicyclic) bond motifs is 1. The smallest absolute Gasteiger partial charge is 0.281 e. The van der Waals surface area contributed by atoms with Crippen molar-refractivity contribution in [3.63, 3.8) is 0 Å². The number of aliphatic imine (C=N–C) groups is 4. The summed E-state index contributed by atoms with van der Waals surface area (Å²) in [5.74, 6) is 0.471. The molecule has 0 bridgehead atoms. The Hall–Kier alpha value is -1.85. The third-order valence-corrected chi connectivity index (χ3v) is 1.81. The van der Waals surface area contributed by atoms with Crippen LogP contribution in [0.25, 0.3) is 0 Å². The highest BCUT2D eigenvalue weighted by Gasteiger charge is 2.29. The molecule has 0 radical (unpaired) electrons. The Bertz CT molecular complexity index is 391. The molecule has 0 fully saturated rings. The summed E-state index contributed by atoms with van der Waals surface area (Å²) in [6, 6.07) is -0.635. The second-order valence-electron chi connectivity index (χ2n) is 3.09. The van der Waals surface area contributed by atoms with Crippen molar-refractivity contribution < 1.29 is 4.79 Å². The highest BCUT2D eigenvalue weighted by molar-refractivity contribution is 6.28. The van der Waals surface area contributed by atoms with E-state index in [9.17, 15) is 4.79 Å². The number of rotatable bonds is 0. The van der Waals surface area contributed by atoms with Gasteiger partial charge < -0.3 is 4.90 Å². The summed E-state index contributed by atoms with van der Waals surface area (Å²) >= 11 is 0. The molecule has 0 N–H and O–H groups in total. The molecule has 6 heteroatoms. The molecule has 0 aromatic heterocycles. The molecular formula is C8H9N5O. The molecule has 2 rings (SSSR count). The van der Waals surface area contributed by atoms with E-state index in [-0.39, 0.29) is 5.91 Å². The zero-order chi connectivity index (χ0) is 10.1. The first-order valence-corrected chi connectivity index (χ1v) is 4.13. The van der Waals surface area contributed by atoms with E-state index >= 15 is 0 Å².